The van der Waals surface area contributed by atoms with Crippen LogP contribution in [-0.4, -0.2) is 59.6 Å². The summed E-state index contributed by atoms with van der Waals surface area (Å²) in [4.78, 5) is 20.7. The lowest BCUT2D eigenvalue weighted by Gasteiger charge is -2.32. The number of nitrogens with two attached hydrogens (primary N) is 1. The second-order valence-electron chi connectivity index (χ2n) is 7.26. The lowest BCUT2D eigenvalue weighted by atomic mass is 10.1. The Morgan fingerprint density at radius 1 is 1.33 bits per heavy atom. The number of esters is 1. The average Bonchev–Trinajstić information content (AvgIpc) is 2.48. The molecule has 0 bridgehead atoms. The van der Waals surface area contributed by atoms with Gasteiger partial charge in [0.1, 0.15) is 11.4 Å². The van der Waals surface area contributed by atoms with Gasteiger partial charge in [0, 0.05) is 50.6 Å². The highest BCUT2D eigenvalue weighted by molar-refractivity contribution is 5.87. The number of carbonyl (C=O) groups is 1. The van der Waals surface area contributed by atoms with E-state index in [-0.39, 0.29) is 5.97 Å². The van der Waals surface area contributed by atoms with Gasteiger partial charge in [0.25, 0.3) is 0 Å². The number of aromatic nitrogens is 1. The van der Waals surface area contributed by atoms with Crippen molar-refractivity contribution in [1.29, 1.82) is 0 Å². The van der Waals surface area contributed by atoms with Crippen molar-refractivity contribution in [2.75, 3.05) is 39.0 Å². The molecular weight excluding hydrogens is 304 g/mol. The number of ether oxygens (including phenoxy) is 1. The van der Waals surface area contributed by atoms with E-state index in [0.717, 1.165) is 43.9 Å². The molecule has 2 rings (SSSR count). The van der Waals surface area contributed by atoms with Crippen LogP contribution < -0.4 is 5.73 Å². The van der Waals surface area contributed by atoms with Crippen molar-refractivity contribution in [1.82, 2.24) is 14.8 Å². The van der Waals surface area contributed by atoms with Gasteiger partial charge in [0.15, 0.2) is 0 Å². The number of rotatable bonds is 4. The van der Waals surface area contributed by atoms with Gasteiger partial charge in [-0.3, -0.25) is 4.90 Å². The fourth-order valence-corrected chi connectivity index (χ4v) is 2.50. The minimum Gasteiger partial charge on any atom is -0.457 e. The molecule has 2 N–H and O–H groups in total. The van der Waals surface area contributed by atoms with Crippen LogP contribution in [0.3, 0.4) is 0 Å². The second kappa shape index (κ2) is 7.77. The molecule has 0 unspecified atom stereocenters. The zero-order valence-electron chi connectivity index (χ0n) is 15.1. The molecule has 24 heavy (non-hydrogen) atoms. The molecular formula is C18H28N4O2. The number of likely N-dealkylation sites (N-methyl/N-ethyl adjacent to an activating group) is 1. The molecule has 1 aliphatic rings. The van der Waals surface area contributed by atoms with E-state index in [1.165, 1.54) is 6.08 Å². The van der Waals surface area contributed by atoms with Crippen LogP contribution in [0.5, 0.6) is 0 Å². The second-order valence-corrected chi connectivity index (χ2v) is 7.26. The summed E-state index contributed by atoms with van der Waals surface area (Å²) in [6.45, 7) is 10.5. The van der Waals surface area contributed by atoms with Crippen LogP contribution in [0.4, 0.5) is 5.82 Å². The third-order valence-electron chi connectivity index (χ3n) is 3.83. The van der Waals surface area contributed by atoms with Crippen molar-refractivity contribution >= 4 is 17.9 Å². The molecule has 0 aromatic carbocycles. The van der Waals surface area contributed by atoms with Crippen molar-refractivity contribution in [3.8, 4) is 0 Å². The average molecular weight is 332 g/mol. The third-order valence-corrected chi connectivity index (χ3v) is 3.83. The van der Waals surface area contributed by atoms with Crippen LogP contribution in [0, 0.1) is 0 Å². The van der Waals surface area contributed by atoms with E-state index in [1.807, 2.05) is 26.8 Å². The number of hydrogen-bond donors (Lipinski definition) is 1. The molecule has 2 heterocycles. The minimum absolute atomic E-state index is 0.361. The summed E-state index contributed by atoms with van der Waals surface area (Å²) in [7, 11) is 2.13. The number of hydrogen-bond acceptors (Lipinski definition) is 6. The first-order valence-electron chi connectivity index (χ1n) is 8.29. The first-order chi connectivity index (χ1) is 11.2. The van der Waals surface area contributed by atoms with E-state index >= 15 is 0 Å². The Balaban J connectivity index is 2.01. The normalized spacial score (nSPS) is 17.3. The maximum Gasteiger partial charge on any atom is 0.331 e. The maximum atomic E-state index is 11.8. The molecule has 0 radical (unpaired) electrons. The van der Waals surface area contributed by atoms with Gasteiger partial charge in [-0.1, -0.05) is 0 Å². The molecule has 1 aliphatic heterocycles. The Morgan fingerprint density at radius 3 is 2.62 bits per heavy atom. The zero-order chi connectivity index (χ0) is 17.7. The van der Waals surface area contributed by atoms with Crippen LogP contribution >= 0.6 is 0 Å². The van der Waals surface area contributed by atoms with Gasteiger partial charge in [-0.2, -0.15) is 0 Å². The highest BCUT2D eigenvalue weighted by Gasteiger charge is 2.16. The molecule has 132 valence electrons. The Hall–Kier alpha value is -1.92. The third kappa shape index (κ3) is 5.94. The number of nitrogens with zero attached hydrogens (tertiary/aromatic N) is 3. The molecule has 1 fully saturated rings. The van der Waals surface area contributed by atoms with Crippen LogP contribution in [0.25, 0.3) is 6.08 Å². The molecule has 0 atom stereocenters. The maximum absolute atomic E-state index is 11.8. The summed E-state index contributed by atoms with van der Waals surface area (Å²) in [6.07, 6.45) is 4.82. The minimum atomic E-state index is -0.493. The highest BCUT2D eigenvalue weighted by atomic mass is 16.6. The Labute approximate surface area is 144 Å². The summed E-state index contributed by atoms with van der Waals surface area (Å²) in [5.74, 6) is 0.184. The van der Waals surface area contributed by atoms with E-state index in [2.05, 4.69) is 21.8 Å². The lowest BCUT2D eigenvalue weighted by Crippen LogP contribution is -2.44. The van der Waals surface area contributed by atoms with Crippen molar-refractivity contribution in [2.24, 2.45) is 0 Å². The van der Waals surface area contributed by atoms with Crippen molar-refractivity contribution in [3.05, 3.63) is 29.5 Å². The quantitative estimate of drug-likeness (QED) is 0.669. The van der Waals surface area contributed by atoms with Crippen molar-refractivity contribution in [2.45, 2.75) is 32.9 Å². The van der Waals surface area contributed by atoms with Gasteiger partial charge >= 0.3 is 5.97 Å². The fourth-order valence-electron chi connectivity index (χ4n) is 2.50. The molecule has 1 saturated heterocycles. The molecule has 0 spiro atoms. The predicted molar refractivity (Wildman–Crippen MR) is 96.3 cm³/mol. The Morgan fingerprint density at radius 2 is 2.00 bits per heavy atom. The van der Waals surface area contributed by atoms with Gasteiger partial charge < -0.3 is 15.4 Å². The summed E-state index contributed by atoms with van der Waals surface area (Å²) in [5, 5.41) is 0. The van der Waals surface area contributed by atoms with Gasteiger partial charge in [0.2, 0.25) is 0 Å². The van der Waals surface area contributed by atoms with E-state index < -0.39 is 5.60 Å². The Kier molecular flexibility index (Phi) is 5.96. The lowest BCUT2D eigenvalue weighted by molar-refractivity contribution is -0.148. The first-order valence-corrected chi connectivity index (χ1v) is 8.29. The monoisotopic (exact) mass is 332 g/mol. The van der Waals surface area contributed by atoms with E-state index in [0.29, 0.717) is 5.82 Å². The first kappa shape index (κ1) is 18.4. The SMILES string of the molecule is CN1CCN(Cc2cc(/C=C/C(=O)OC(C)(C)C)cnc2N)CC1. The molecule has 6 heteroatoms. The predicted octanol–water partition coefficient (Wildman–Crippen LogP) is 1.77. The summed E-state index contributed by atoms with van der Waals surface area (Å²) in [5.41, 5.74) is 7.35. The molecule has 0 saturated carbocycles. The van der Waals surface area contributed by atoms with Gasteiger partial charge in [-0.25, -0.2) is 9.78 Å². The smallest absolute Gasteiger partial charge is 0.331 e. The largest absolute Gasteiger partial charge is 0.457 e. The van der Waals surface area contributed by atoms with Gasteiger partial charge in [0.05, 0.1) is 0 Å². The standard InChI is InChI=1S/C18H28N4O2/c1-18(2,3)24-16(23)6-5-14-11-15(17(19)20-12-14)13-22-9-7-21(4)8-10-22/h5-6,11-12H,7-10,13H2,1-4H3,(H2,19,20)/b6-5+. The summed E-state index contributed by atoms with van der Waals surface area (Å²) >= 11 is 0. The number of nitrogen functional groups attached to an aromatic ring is 1. The van der Waals surface area contributed by atoms with Crippen LogP contribution in [0.15, 0.2) is 18.3 Å². The van der Waals surface area contributed by atoms with E-state index in [4.69, 9.17) is 10.5 Å². The number of carbonyl (C=O) groups excluding carboxylic acids is 1. The van der Waals surface area contributed by atoms with Crippen LogP contribution in [0.2, 0.25) is 0 Å². The number of anilines is 1. The Bertz CT molecular complexity index is 600. The topological polar surface area (TPSA) is 71.7 Å². The van der Waals surface area contributed by atoms with Crippen LogP contribution in [-0.2, 0) is 16.1 Å². The molecule has 1 aromatic rings. The highest BCUT2D eigenvalue weighted by Crippen LogP contribution is 2.16. The van der Waals surface area contributed by atoms with Crippen molar-refractivity contribution < 1.29 is 9.53 Å². The number of piperazine rings is 1. The molecule has 6 nitrogen and oxygen atoms in total. The fraction of sp³-hybridized carbons (Fsp3) is 0.556. The van der Waals surface area contributed by atoms with Crippen LogP contribution in [0.1, 0.15) is 31.9 Å². The summed E-state index contributed by atoms with van der Waals surface area (Å²) in [6, 6.07) is 1.99. The van der Waals surface area contributed by atoms with Gasteiger partial charge in [-0.15, -0.1) is 0 Å². The van der Waals surface area contributed by atoms with E-state index in [1.54, 1.807) is 12.3 Å². The van der Waals surface area contributed by atoms with E-state index in [9.17, 15) is 4.79 Å². The number of pyridine rings is 1. The molecule has 1 aromatic heterocycles. The molecule has 0 aliphatic carbocycles. The van der Waals surface area contributed by atoms with Gasteiger partial charge in [-0.05, 0) is 45.5 Å². The zero-order valence-corrected chi connectivity index (χ0v) is 15.1. The van der Waals surface area contributed by atoms with Crippen molar-refractivity contribution in [3.63, 3.8) is 0 Å². The molecule has 0 amide bonds. The summed E-state index contributed by atoms with van der Waals surface area (Å²) < 4.78 is 5.26.